The Balaban J connectivity index is 2.38. The van der Waals surface area contributed by atoms with Crippen molar-refractivity contribution < 1.29 is 22.7 Å². The Hall–Kier alpha value is -1.92. The van der Waals surface area contributed by atoms with Crippen LogP contribution < -0.4 is 4.90 Å². The lowest BCUT2D eigenvalue weighted by Crippen LogP contribution is -2.43. The van der Waals surface area contributed by atoms with Gasteiger partial charge in [-0.25, -0.2) is 0 Å². The normalized spacial score (nSPS) is 14.9. The molecule has 0 radical (unpaired) electrons. The van der Waals surface area contributed by atoms with Crippen LogP contribution in [-0.4, -0.2) is 29.9 Å². The van der Waals surface area contributed by atoms with Crippen molar-refractivity contribution in [1.29, 1.82) is 0 Å². The van der Waals surface area contributed by atoms with Gasteiger partial charge in [0.05, 0.1) is 0 Å². The molecule has 4 nitrogen and oxygen atoms in total. The SMILES string of the molecule is CC[N+](=O)c1ccc2c(c1)CCCN2C(=O)C(F)(F)F. The highest BCUT2D eigenvalue weighted by Gasteiger charge is 2.44. The first-order valence-corrected chi connectivity index (χ1v) is 6.31. The van der Waals surface area contributed by atoms with E-state index in [2.05, 4.69) is 0 Å². The Morgan fingerprint density at radius 1 is 1.40 bits per heavy atom. The Labute approximate surface area is 113 Å². The molecular formula is C13H14F3N2O2+. The number of hydrogen-bond donors (Lipinski definition) is 0. The Kier molecular flexibility index (Phi) is 3.78. The molecule has 0 spiro atoms. The maximum Gasteiger partial charge on any atom is 0.471 e. The van der Waals surface area contributed by atoms with Crippen molar-refractivity contribution in [1.82, 2.24) is 0 Å². The second kappa shape index (κ2) is 5.22. The number of carbonyl (C=O) groups excluding carboxylic acids is 1. The van der Waals surface area contributed by atoms with Crippen LogP contribution in [0.15, 0.2) is 18.2 Å². The lowest BCUT2D eigenvalue weighted by atomic mass is 10.0. The van der Waals surface area contributed by atoms with Crippen molar-refractivity contribution >= 4 is 17.3 Å². The summed E-state index contributed by atoms with van der Waals surface area (Å²) >= 11 is 0. The number of benzene rings is 1. The molecule has 1 amide bonds. The van der Waals surface area contributed by atoms with Crippen molar-refractivity contribution in [3.05, 3.63) is 28.7 Å². The number of aryl methyl sites for hydroxylation is 1. The van der Waals surface area contributed by atoms with E-state index in [-0.39, 0.29) is 18.8 Å². The van der Waals surface area contributed by atoms with E-state index in [1.807, 2.05) is 0 Å². The van der Waals surface area contributed by atoms with E-state index in [1.165, 1.54) is 12.1 Å². The van der Waals surface area contributed by atoms with Crippen LogP contribution in [0.2, 0.25) is 0 Å². The third-order valence-corrected chi connectivity index (χ3v) is 3.24. The number of fused-ring (bicyclic) bond motifs is 1. The van der Waals surface area contributed by atoms with Crippen LogP contribution in [0.25, 0.3) is 0 Å². The van der Waals surface area contributed by atoms with Crippen LogP contribution in [0.5, 0.6) is 0 Å². The van der Waals surface area contributed by atoms with E-state index in [0.29, 0.717) is 24.1 Å². The second-order valence-corrected chi connectivity index (χ2v) is 4.57. The summed E-state index contributed by atoms with van der Waals surface area (Å²) in [6.07, 6.45) is -3.88. The summed E-state index contributed by atoms with van der Waals surface area (Å²) in [6.45, 7) is 1.98. The molecule has 1 aliphatic heterocycles. The average Bonchev–Trinajstić information content (AvgIpc) is 2.43. The van der Waals surface area contributed by atoms with E-state index in [4.69, 9.17) is 0 Å². The number of carbonyl (C=O) groups is 1. The van der Waals surface area contributed by atoms with Crippen LogP contribution >= 0.6 is 0 Å². The van der Waals surface area contributed by atoms with Gasteiger partial charge in [0, 0.05) is 34.0 Å². The summed E-state index contributed by atoms with van der Waals surface area (Å²) in [5.41, 5.74) is 1.24. The molecule has 1 aliphatic rings. The zero-order valence-electron chi connectivity index (χ0n) is 10.9. The first kappa shape index (κ1) is 14.5. The van der Waals surface area contributed by atoms with Gasteiger partial charge in [-0.3, -0.25) is 4.79 Å². The number of anilines is 1. The van der Waals surface area contributed by atoms with Crippen molar-refractivity contribution in [2.24, 2.45) is 0 Å². The number of nitroso groups, excluding NO2 is 1. The van der Waals surface area contributed by atoms with E-state index < -0.39 is 12.1 Å². The van der Waals surface area contributed by atoms with Crippen LogP contribution in [-0.2, 0) is 11.2 Å². The zero-order chi connectivity index (χ0) is 14.9. The highest BCUT2D eigenvalue weighted by atomic mass is 19.4. The maximum absolute atomic E-state index is 12.5. The predicted molar refractivity (Wildman–Crippen MR) is 67.0 cm³/mol. The molecule has 0 unspecified atom stereocenters. The summed E-state index contributed by atoms with van der Waals surface area (Å²) < 4.78 is 38.4. The van der Waals surface area contributed by atoms with Crippen molar-refractivity contribution in [3.63, 3.8) is 0 Å². The highest BCUT2D eigenvalue weighted by Crippen LogP contribution is 2.33. The molecule has 20 heavy (non-hydrogen) atoms. The molecular weight excluding hydrogens is 273 g/mol. The number of amides is 1. The smallest absolute Gasteiger partial charge is 0.304 e. The molecule has 0 aliphatic carbocycles. The third kappa shape index (κ3) is 2.66. The molecule has 1 heterocycles. The fourth-order valence-electron chi connectivity index (χ4n) is 2.29. The number of hydrogen-bond acceptors (Lipinski definition) is 2. The van der Waals surface area contributed by atoms with E-state index in [9.17, 15) is 22.9 Å². The van der Waals surface area contributed by atoms with E-state index in [0.717, 1.165) is 9.66 Å². The zero-order valence-corrected chi connectivity index (χ0v) is 10.9. The molecule has 2 rings (SSSR count). The number of alkyl halides is 3. The minimum absolute atomic E-state index is 0.0412. The van der Waals surface area contributed by atoms with Crippen LogP contribution in [0, 0.1) is 4.91 Å². The standard InChI is InChI=1S/C13H14F3N2O2/c1-2-18(20)10-5-6-11-9(8-10)4-3-7-17(11)12(19)13(14,15)16/h5-6,8H,2-4,7H2,1H3/q+1. The molecule has 1 aromatic rings. The molecule has 0 bridgehead atoms. The van der Waals surface area contributed by atoms with E-state index >= 15 is 0 Å². The topological polar surface area (TPSA) is 40.4 Å². The summed E-state index contributed by atoms with van der Waals surface area (Å²) in [5.74, 6) is -1.86. The second-order valence-electron chi connectivity index (χ2n) is 4.57. The van der Waals surface area contributed by atoms with Crippen molar-refractivity contribution in [2.75, 3.05) is 18.0 Å². The number of nitrogens with zero attached hydrogens (tertiary/aromatic N) is 2. The molecule has 0 N–H and O–H groups in total. The van der Waals surface area contributed by atoms with Crippen LogP contribution in [0.1, 0.15) is 18.9 Å². The summed E-state index contributed by atoms with van der Waals surface area (Å²) in [6, 6.07) is 4.41. The fourth-order valence-corrected chi connectivity index (χ4v) is 2.29. The average molecular weight is 287 g/mol. The summed E-state index contributed by atoms with van der Waals surface area (Å²) in [5, 5.41) is 0. The van der Waals surface area contributed by atoms with Gasteiger partial charge in [0.25, 0.3) is 5.69 Å². The first-order valence-electron chi connectivity index (χ1n) is 6.31. The highest BCUT2D eigenvalue weighted by molar-refractivity contribution is 5.98. The Bertz CT molecular complexity index is 555. The van der Waals surface area contributed by atoms with Gasteiger partial charge >= 0.3 is 12.1 Å². The molecule has 0 fully saturated rings. The largest absolute Gasteiger partial charge is 0.471 e. The van der Waals surface area contributed by atoms with Crippen molar-refractivity contribution in [3.8, 4) is 0 Å². The molecule has 1 aromatic carbocycles. The third-order valence-electron chi connectivity index (χ3n) is 3.24. The van der Waals surface area contributed by atoms with Gasteiger partial charge in [-0.1, -0.05) is 0 Å². The van der Waals surface area contributed by atoms with Crippen molar-refractivity contribution in [2.45, 2.75) is 25.9 Å². The van der Waals surface area contributed by atoms with Gasteiger partial charge in [-0.05, 0) is 31.4 Å². The van der Waals surface area contributed by atoms with Gasteiger partial charge in [0.2, 0.25) is 0 Å². The fraction of sp³-hybridized carbons (Fsp3) is 0.462. The van der Waals surface area contributed by atoms with Gasteiger partial charge < -0.3 is 4.90 Å². The summed E-state index contributed by atoms with van der Waals surface area (Å²) in [4.78, 5) is 23.7. The molecule has 0 saturated heterocycles. The lowest BCUT2D eigenvalue weighted by Gasteiger charge is -2.29. The maximum atomic E-state index is 12.5. The number of halogens is 3. The van der Waals surface area contributed by atoms with Gasteiger partial charge in [-0.15, -0.1) is 0 Å². The molecule has 0 aromatic heterocycles. The molecule has 108 valence electrons. The van der Waals surface area contributed by atoms with Gasteiger partial charge in [0.1, 0.15) is 0 Å². The van der Waals surface area contributed by atoms with E-state index in [1.54, 1.807) is 13.0 Å². The predicted octanol–water partition coefficient (Wildman–Crippen LogP) is 2.96. The van der Waals surface area contributed by atoms with Crippen LogP contribution in [0.3, 0.4) is 0 Å². The minimum Gasteiger partial charge on any atom is -0.304 e. The summed E-state index contributed by atoms with van der Waals surface area (Å²) in [7, 11) is 0. The Morgan fingerprint density at radius 3 is 2.70 bits per heavy atom. The monoisotopic (exact) mass is 287 g/mol. The number of rotatable bonds is 2. The minimum atomic E-state index is -4.89. The van der Waals surface area contributed by atoms with Gasteiger partial charge in [-0.2, -0.15) is 13.2 Å². The molecule has 0 atom stereocenters. The molecule has 0 saturated carbocycles. The van der Waals surface area contributed by atoms with Gasteiger partial charge in [0.15, 0.2) is 6.54 Å². The van der Waals surface area contributed by atoms with Crippen LogP contribution in [0.4, 0.5) is 24.5 Å². The molecule has 7 heteroatoms. The quantitative estimate of drug-likeness (QED) is 0.785. The first-order chi connectivity index (χ1) is 9.34. The lowest BCUT2D eigenvalue weighted by molar-refractivity contribution is -0.458. The Morgan fingerprint density at radius 2 is 2.10 bits per heavy atom.